The van der Waals surface area contributed by atoms with Crippen LogP contribution in [0.25, 0.3) is 0 Å². The molecule has 0 aromatic carbocycles. The Hall–Kier alpha value is -0.0200. The minimum atomic E-state index is 0. The van der Waals surface area contributed by atoms with Crippen LogP contribution in [0.1, 0.15) is 0 Å². The van der Waals surface area contributed by atoms with Gasteiger partial charge in [0.2, 0.25) is 0 Å². The molecule has 0 aromatic rings. The molecule has 0 saturated carbocycles. The second-order valence-corrected chi connectivity index (χ2v) is 0.0833. The number of hydrogen-bond acceptors (Lipinski definition) is 2. The van der Waals surface area contributed by atoms with Crippen molar-refractivity contribution in [2.45, 2.75) is 0 Å². The summed E-state index contributed by atoms with van der Waals surface area (Å²) < 4.78 is 0. The number of hydrogen-bond donors (Lipinski definition) is 1. The van der Waals surface area contributed by atoms with Gasteiger partial charge in [0.1, 0.15) is 0 Å². The van der Waals surface area contributed by atoms with Crippen LogP contribution in [0.5, 0.6) is 0 Å². The highest BCUT2D eigenvalue weighted by atomic mass is 35.5. The molecule has 0 aliphatic heterocycles. The van der Waals surface area contributed by atoms with Crippen LogP contribution in [0.2, 0.25) is 0 Å². The average molecular weight is 119 g/mol. The molecule has 0 atom stereocenters. The Balaban J connectivity index is -0.0000000200. The standard InChI is InChI=1S/2ClH.HNO2/c;;2-1-3/h2*1H;1H/p-1. The van der Waals surface area contributed by atoms with E-state index in [-0.39, 0.29) is 30.2 Å². The van der Waals surface area contributed by atoms with E-state index in [0.29, 0.717) is 0 Å². The summed E-state index contributed by atoms with van der Waals surface area (Å²) in [5, 5.41) is 8.38. The summed E-state index contributed by atoms with van der Waals surface area (Å²) >= 11 is 0. The monoisotopic (exact) mass is 118 g/mol. The van der Waals surface area contributed by atoms with Crippen LogP contribution in [0.15, 0.2) is 0 Å². The Morgan fingerprint density at radius 1 is 1.60 bits per heavy atom. The van der Waals surface area contributed by atoms with Crippen molar-refractivity contribution in [2.24, 2.45) is 0 Å². The Morgan fingerprint density at radius 2 is 1.60 bits per heavy atom. The van der Waals surface area contributed by atoms with E-state index in [1.807, 2.05) is 0 Å². The fourth-order valence-electron chi connectivity index (χ4n) is 0. The normalized spacial score (nSPS) is 2.40. The van der Waals surface area contributed by atoms with E-state index in [2.05, 4.69) is 0 Å². The van der Waals surface area contributed by atoms with E-state index in [1.165, 1.54) is 0 Å². The van der Waals surface area contributed by atoms with Crippen molar-refractivity contribution in [1.29, 1.82) is 0 Å². The maximum Gasteiger partial charge on any atom is 0.00366 e. The molecule has 5 heavy (non-hydrogen) atoms. The van der Waals surface area contributed by atoms with Gasteiger partial charge >= 0.3 is 0 Å². The molecule has 0 bridgehead atoms. The van der Waals surface area contributed by atoms with Gasteiger partial charge in [-0.15, -0.1) is 12.4 Å². The van der Waals surface area contributed by atoms with Gasteiger partial charge in [0, 0.05) is 5.34 Å². The summed E-state index contributed by atoms with van der Waals surface area (Å²) in [4.78, 5) is 8.12. The predicted octanol–water partition coefficient (Wildman–Crippen LogP) is -4.24. The average Bonchev–Trinajstić information content (AvgIpc) is 0.918. The second-order valence-electron chi connectivity index (χ2n) is 0.0833. The molecule has 0 unspecified atom stereocenters. The Morgan fingerprint density at radius 3 is 1.60 bits per heavy atom. The number of rotatable bonds is 0. The molecule has 0 radical (unpaired) electrons. The zero-order valence-electron chi connectivity index (χ0n) is 2.10. The smallest absolute Gasteiger partial charge is 0.00366 e. The zero-order valence-corrected chi connectivity index (χ0v) is 3.68. The minimum Gasteiger partial charge on any atom is -1.00 e. The van der Waals surface area contributed by atoms with Crippen molar-refractivity contribution < 1.29 is 17.7 Å². The van der Waals surface area contributed by atoms with E-state index in [0.717, 1.165) is 0 Å². The third-order valence-electron chi connectivity index (χ3n) is 0. The summed E-state index contributed by atoms with van der Waals surface area (Å²) in [5.41, 5.74) is 0. The Bertz CT molecular complexity index is 15.1. The van der Waals surface area contributed by atoms with E-state index in [4.69, 9.17) is 10.1 Å². The summed E-state index contributed by atoms with van der Waals surface area (Å²) in [6.07, 6.45) is 0. The molecular weight excluding hydrogens is 117 g/mol. The van der Waals surface area contributed by atoms with Crippen molar-refractivity contribution in [3.8, 4) is 0 Å². The van der Waals surface area contributed by atoms with Crippen LogP contribution in [-0.4, -0.2) is 0 Å². The van der Waals surface area contributed by atoms with E-state index >= 15 is 0 Å². The molecule has 0 rings (SSSR count). The lowest BCUT2D eigenvalue weighted by Crippen LogP contribution is -3.00. The van der Waals surface area contributed by atoms with Crippen LogP contribution in [0.4, 0.5) is 0 Å². The largest absolute Gasteiger partial charge is 1.00 e. The highest BCUT2D eigenvalue weighted by Crippen LogP contribution is 0.690. The summed E-state index contributed by atoms with van der Waals surface area (Å²) in [5.74, 6) is 0. The van der Waals surface area contributed by atoms with E-state index in [1.54, 1.807) is 0 Å². The SMILES string of the molecule is Cl.O=[NH+][O-].[Cl-]. The minimum absolute atomic E-state index is 0. The van der Waals surface area contributed by atoms with Crippen molar-refractivity contribution in [3.63, 3.8) is 0 Å². The lowest BCUT2D eigenvalue weighted by Gasteiger charge is -1.36. The van der Waals surface area contributed by atoms with Gasteiger partial charge in [0.05, 0.1) is 0 Å². The molecule has 0 spiro atoms. The van der Waals surface area contributed by atoms with Gasteiger partial charge in [0.15, 0.2) is 0 Å². The first-order valence-electron chi connectivity index (χ1n) is 0.408. The van der Waals surface area contributed by atoms with Gasteiger partial charge in [-0.3, -0.25) is 10.1 Å². The van der Waals surface area contributed by atoms with E-state index < -0.39 is 0 Å². The van der Waals surface area contributed by atoms with Gasteiger partial charge in [-0.05, 0) is 0 Å². The van der Waals surface area contributed by atoms with Gasteiger partial charge in [-0.2, -0.15) is 0 Å². The van der Waals surface area contributed by atoms with Crippen LogP contribution < -0.4 is 17.7 Å². The molecular formula is H2Cl2NO2-. The summed E-state index contributed by atoms with van der Waals surface area (Å²) in [7, 11) is 0. The highest BCUT2D eigenvalue weighted by Gasteiger charge is 1.10. The van der Waals surface area contributed by atoms with E-state index in [9.17, 15) is 0 Å². The number of nitrogens with one attached hydrogen (secondary N) is 1. The molecule has 1 N–H and O–H groups in total. The van der Waals surface area contributed by atoms with Crippen LogP contribution >= 0.6 is 12.4 Å². The molecule has 0 amide bonds. The predicted molar refractivity (Wildman–Crippen MR) is 14.9 cm³/mol. The van der Waals surface area contributed by atoms with Gasteiger partial charge < -0.3 is 12.4 Å². The maximum absolute atomic E-state index is 8.12. The number of halogens is 2. The first-order valence-corrected chi connectivity index (χ1v) is 0.408. The molecule has 0 heterocycles. The first-order chi connectivity index (χ1) is 1.41. The Kier molecular flexibility index (Phi) is 148. The fourth-order valence-corrected chi connectivity index (χ4v) is 0. The molecule has 3 nitrogen and oxygen atoms in total. The quantitative estimate of drug-likeness (QED) is 0.259. The second kappa shape index (κ2) is 36.8. The summed E-state index contributed by atoms with van der Waals surface area (Å²) in [6, 6.07) is 0. The van der Waals surface area contributed by atoms with Gasteiger partial charge in [-0.1, -0.05) is 0 Å². The lowest BCUT2D eigenvalue weighted by atomic mass is 13.4. The van der Waals surface area contributed by atoms with Gasteiger partial charge in [0.25, 0.3) is 0 Å². The topological polar surface area (TPSA) is 54.1 Å². The zero-order chi connectivity index (χ0) is 2.71. The highest BCUT2D eigenvalue weighted by molar-refractivity contribution is 5.85. The molecule has 0 fully saturated rings. The van der Waals surface area contributed by atoms with Crippen LogP contribution in [0, 0.1) is 10.1 Å². The van der Waals surface area contributed by atoms with Crippen molar-refractivity contribution in [2.75, 3.05) is 0 Å². The first kappa shape index (κ1) is 20.1. The summed E-state index contributed by atoms with van der Waals surface area (Å²) in [6.45, 7) is 0. The molecule has 34 valence electrons. The van der Waals surface area contributed by atoms with Crippen LogP contribution in [0.3, 0.4) is 0 Å². The molecule has 0 saturated heterocycles. The molecule has 5 heteroatoms. The third kappa shape index (κ3) is 39000. The third-order valence-corrected chi connectivity index (χ3v) is 0. The maximum atomic E-state index is 8.12. The molecule has 0 aliphatic rings. The molecule has 0 aromatic heterocycles. The van der Waals surface area contributed by atoms with Crippen molar-refractivity contribution in [3.05, 3.63) is 10.1 Å². The molecule has 0 aliphatic carbocycles. The lowest BCUT2D eigenvalue weighted by molar-refractivity contribution is -0.398. The fraction of sp³-hybridized carbons (Fsp3) is 0. The van der Waals surface area contributed by atoms with Crippen molar-refractivity contribution in [1.82, 2.24) is 0 Å². The Labute approximate surface area is 41.1 Å². The van der Waals surface area contributed by atoms with Crippen molar-refractivity contribution >= 4 is 12.4 Å². The van der Waals surface area contributed by atoms with Gasteiger partial charge in [-0.25, -0.2) is 0 Å². The van der Waals surface area contributed by atoms with Crippen LogP contribution in [-0.2, 0) is 0 Å².